The van der Waals surface area contributed by atoms with E-state index in [1.165, 1.54) is 14.2 Å². The number of hydrogen-bond acceptors (Lipinski definition) is 10. The normalized spacial score (nSPS) is 29.8. The molecule has 0 spiro atoms. The van der Waals surface area contributed by atoms with Gasteiger partial charge in [-0.1, -0.05) is 67.6 Å². The van der Waals surface area contributed by atoms with Crippen LogP contribution in [0.2, 0.25) is 0 Å². The molecule has 0 aromatic heterocycles. The molecule has 7 atom stereocenters. The maximum Gasteiger partial charge on any atom is 0.321 e. The highest BCUT2D eigenvalue weighted by molar-refractivity contribution is 5.95. The molecule has 10 heteroatoms. The number of nitrogens with one attached hydrogen (secondary N) is 1. The van der Waals surface area contributed by atoms with Crippen LogP contribution in [0.1, 0.15) is 37.1 Å². The van der Waals surface area contributed by atoms with Crippen molar-refractivity contribution in [2.24, 2.45) is 5.92 Å². The number of benzene rings is 2. The summed E-state index contributed by atoms with van der Waals surface area (Å²) in [7, 11) is 2.51. The van der Waals surface area contributed by atoms with E-state index in [1.54, 1.807) is 0 Å². The highest BCUT2D eigenvalue weighted by atomic mass is 16.7. The van der Waals surface area contributed by atoms with Crippen molar-refractivity contribution in [3.05, 3.63) is 71.8 Å². The SMILES string of the molecule is CC[C@@H](NN1[C@@H]2COC(c3ccccc3)O[C@H]2[C@@H]2OC(c3ccccc3)OC[C@H]21)C(C(=O)OC)C(=O)OC. The highest BCUT2D eigenvalue weighted by Gasteiger charge is 2.57. The fourth-order valence-corrected chi connectivity index (χ4v) is 5.46. The summed E-state index contributed by atoms with van der Waals surface area (Å²) in [5.41, 5.74) is 5.26. The third-order valence-corrected chi connectivity index (χ3v) is 7.41. The van der Waals surface area contributed by atoms with Gasteiger partial charge in [0.05, 0.1) is 39.5 Å². The quantitative estimate of drug-likeness (QED) is 0.408. The zero-order valence-electron chi connectivity index (χ0n) is 21.7. The van der Waals surface area contributed by atoms with Crippen molar-refractivity contribution < 1.29 is 38.0 Å². The first-order valence-electron chi connectivity index (χ1n) is 12.9. The first-order chi connectivity index (χ1) is 18.5. The molecule has 2 unspecified atom stereocenters. The van der Waals surface area contributed by atoms with Gasteiger partial charge in [0.15, 0.2) is 18.5 Å². The van der Waals surface area contributed by atoms with Gasteiger partial charge in [0.25, 0.3) is 0 Å². The number of hydrazine groups is 1. The van der Waals surface area contributed by atoms with E-state index >= 15 is 0 Å². The van der Waals surface area contributed by atoms with Crippen molar-refractivity contribution in [3.8, 4) is 0 Å². The number of carbonyl (C=O) groups is 2. The molecular weight excluding hydrogens is 492 g/mol. The summed E-state index contributed by atoms with van der Waals surface area (Å²) in [5, 5.41) is 1.98. The van der Waals surface area contributed by atoms with E-state index in [0.717, 1.165) is 11.1 Å². The van der Waals surface area contributed by atoms with Crippen LogP contribution in [0.4, 0.5) is 0 Å². The Bertz CT molecular complexity index is 1010. The first-order valence-corrected chi connectivity index (χ1v) is 12.9. The second kappa shape index (κ2) is 11.9. The minimum absolute atomic E-state index is 0.256. The lowest BCUT2D eigenvalue weighted by Gasteiger charge is -2.39. The Morgan fingerprint density at radius 2 is 1.29 bits per heavy atom. The summed E-state index contributed by atoms with van der Waals surface area (Å²) in [6, 6.07) is 18.4. The number of esters is 2. The van der Waals surface area contributed by atoms with Gasteiger partial charge in [0.1, 0.15) is 12.2 Å². The Morgan fingerprint density at radius 1 is 0.842 bits per heavy atom. The van der Waals surface area contributed by atoms with Crippen LogP contribution in [0, 0.1) is 5.92 Å². The summed E-state index contributed by atoms with van der Waals surface area (Å²) >= 11 is 0. The maximum absolute atomic E-state index is 12.6. The van der Waals surface area contributed by atoms with Crippen LogP contribution in [0.3, 0.4) is 0 Å². The summed E-state index contributed by atoms with van der Waals surface area (Å²) in [6.45, 7) is 2.59. The topological polar surface area (TPSA) is 105 Å². The smallest absolute Gasteiger partial charge is 0.321 e. The molecule has 3 heterocycles. The van der Waals surface area contributed by atoms with Crippen LogP contribution in [-0.4, -0.2) is 74.7 Å². The second-order valence-corrected chi connectivity index (χ2v) is 9.56. The number of hydrogen-bond donors (Lipinski definition) is 1. The number of methoxy groups -OCH3 is 2. The molecular formula is C28H34N2O8. The molecule has 204 valence electrons. The summed E-state index contributed by atoms with van der Waals surface area (Å²) in [6.07, 6.45) is -1.33. The number of carbonyl (C=O) groups excluding carboxylic acids is 2. The van der Waals surface area contributed by atoms with Gasteiger partial charge in [-0.05, 0) is 6.42 Å². The van der Waals surface area contributed by atoms with Crippen LogP contribution in [0.5, 0.6) is 0 Å². The van der Waals surface area contributed by atoms with E-state index in [4.69, 9.17) is 28.4 Å². The van der Waals surface area contributed by atoms with Crippen molar-refractivity contribution in [2.75, 3.05) is 27.4 Å². The third kappa shape index (κ3) is 5.20. The van der Waals surface area contributed by atoms with Gasteiger partial charge in [0.2, 0.25) is 0 Å². The molecule has 10 nitrogen and oxygen atoms in total. The average molecular weight is 527 g/mol. The van der Waals surface area contributed by atoms with Gasteiger partial charge < -0.3 is 28.4 Å². The molecule has 0 bridgehead atoms. The fourth-order valence-electron chi connectivity index (χ4n) is 5.46. The lowest BCUT2D eigenvalue weighted by Crippen LogP contribution is -2.60. The van der Waals surface area contributed by atoms with E-state index in [9.17, 15) is 9.59 Å². The van der Waals surface area contributed by atoms with E-state index in [1.807, 2.05) is 72.6 Å². The monoisotopic (exact) mass is 526 g/mol. The number of fused-ring (bicyclic) bond motifs is 3. The minimum Gasteiger partial charge on any atom is -0.468 e. The lowest BCUT2D eigenvalue weighted by molar-refractivity contribution is -0.278. The molecule has 38 heavy (non-hydrogen) atoms. The molecule has 0 aliphatic carbocycles. The second-order valence-electron chi connectivity index (χ2n) is 9.56. The minimum atomic E-state index is -1.14. The van der Waals surface area contributed by atoms with Crippen LogP contribution >= 0.6 is 0 Å². The molecule has 5 rings (SSSR count). The van der Waals surface area contributed by atoms with Gasteiger partial charge in [-0.3, -0.25) is 9.59 Å². The Morgan fingerprint density at radius 3 is 1.68 bits per heavy atom. The molecule has 3 fully saturated rings. The molecule has 0 amide bonds. The maximum atomic E-state index is 12.6. The van der Waals surface area contributed by atoms with Gasteiger partial charge in [-0.15, -0.1) is 0 Å². The van der Waals surface area contributed by atoms with Gasteiger partial charge in [-0.2, -0.15) is 0 Å². The van der Waals surface area contributed by atoms with Gasteiger partial charge >= 0.3 is 11.9 Å². The largest absolute Gasteiger partial charge is 0.468 e. The van der Waals surface area contributed by atoms with Crippen LogP contribution < -0.4 is 5.43 Å². The number of ether oxygens (including phenoxy) is 6. The first kappa shape index (κ1) is 26.7. The predicted molar refractivity (Wildman–Crippen MR) is 134 cm³/mol. The summed E-state index contributed by atoms with van der Waals surface area (Å²) < 4.78 is 35.2. The van der Waals surface area contributed by atoms with Crippen molar-refractivity contribution >= 4 is 11.9 Å². The van der Waals surface area contributed by atoms with E-state index in [2.05, 4.69) is 5.43 Å². The zero-order chi connectivity index (χ0) is 26.6. The average Bonchev–Trinajstić information content (AvgIpc) is 3.29. The molecule has 0 saturated carbocycles. The van der Waals surface area contributed by atoms with E-state index in [-0.39, 0.29) is 24.3 Å². The van der Waals surface area contributed by atoms with E-state index in [0.29, 0.717) is 19.6 Å². The highest BCUT2D eigenvalue weighted by Crippen LogP contribution is 2.42. The van der Waals surface area contributed by atoms with Crippen LogP contribution in [-0.2, 0) is 38.0 Å². The van der Waals surface area contributed by atoms with Crippen LogP contribution in [0.15, 0.2) is 60.7 Å². The molecule has 3 aliphatic rings. The Hall–Kier alpha value is -2.86. The standard InChI is InChI=1S/C28H34N2O8/c1-4-19(22(25(31)33-2)26(32)34-3)29-30-20-15-35-27(17-11-7-5-8-12-17)37-23(20)24-21(30)16-36-28(38-24)18-13-9-6-10-14-18/h5-14,19-24,27-29H,4,15-16H2,1-3H3/t19-,20-,21-,23-,24-,27?,28?/m1/s1. The Labute approximate surface area is 222 Å². The summed E-state index contributed by atoms with van der Waals surface area (Å²) in [5.74, 6) is -2.47. The lowest BCUT2D eigenvalue weighted by atomic mass is 9.98. The molecule has 2 aromatic carbocycles. The molecule has 2 aromatic rings. The van der Waals surface area contributed by atoms with Crippen LogP contribution in [0.25, 0.3) is 0 Å². The van der Waals surface area contributed by atoms with Crippen molar-refractivity contribution in [3.63, 3.8) is 0 Å². The third-order valence-electron chi connectivity index (χ3n) is 7.41. The van der Waals surface area contributed by atoms with Crippen molar-refractivity contribution in [2.45, 2.75) is 56.3 Å². The van der Waals surface area contributed by atoms with Gasteiger partial charge in [-0.25, -0.2) is 10.4 Å². The summed E-state index contributed by atoms with van der Waals surface area (Å²) in [4.78, 5) is 25.1. The zero-order valence-corrected chi connectivity index (χ0v) is 21.7. The Kier molecular flexibility index (Phi) is 8.37. The molecule has 0 radical (unpaired) electrons. The molecule has 3 saturated heterocycles. The van der Waals surface area contributed by atoms with Crippen molar-refractivity contribution in [1.29, 1.82) is 0 Å². The van der Waals surface area contributed by atoms with Crippen molar-refractivity contribution in [1.82, 2.24) is 10.4 Å². The predicted octanol–water partition coefficient (Wildman–Crippen LogP) is 2.51. The molecule has 1 N–H and O–H groups in total. The van der Waals surface area contributed by atoms with Gasteiger partial charge in [0, 0.05) is 17.2 Å². The Balaban J connectivity index is 1.42. The molecule has 3 aliphatic heterocycles. The van der Waals surface area contributed by atoms with E-state index < -0.39 is 36.5 Å². The fraction of sp³-hybridized carbons (Fsp3) is 0.500. The number of nitrogens with zero attached hydrogens (tertiary/aromatic N) is 1. The number of rotatable bonds is 8.